The number of hydrogen-bond donors (Lipinski definition) is 0. The van der Waals surface area contributed by atoms with E-state index in [2.05, 4.69) is 6.92 Å². The fraction of sp³-hybridized carbons (Fsp3) is 0.273. The SMILES string of the molecule is CC[C@H](C)Oc1ccc(/C=C2\SC(=S)N(c3cccc(SC)c3)C2=O)cc1OC. The standard InChI is InChI=1S/C22H23NO3S3/c1-5-14(2)26-18-10-9-15(11-19(18)25-3)12-20-21(24)23(22(27)29-20)16-7-6-8-17(13-16)28-4/h6-14H,5H2,1-4H3/b20-12-/t14-/m0/s1. The van der Waals surface area contributed by atoms with Gasteiger partial charge in [0.15, 0.2) is 15.8 Å². The van der Waals surface area contributed by atoms with Crippen LogP contribution in [0.1, 0.15) is 25.8 Å². The van der Waals surface area contributed by atoms with Crippen molar-refractivity contribution in [1.82, 2.24) is 0 Å². The summed E-state index contributed by atoms with van der Waals surface area (Å²) < 4.78 is 11.9. The minimum absolute atomic E-state index is 0.100. The Balaban J connectivity index is 1.87. The summed E-state index contributed by atoms with van der Waals surface area (Å²) in [7, 11) is 1.61. The van der Waals surface area contributed by atoms with Gasteiger partial charge >= 0.3 is 0 Å². The van der Waals surface area contributed by atoms with E-state index in [0.717, 1.165) is 22.6 Å². The summed E-state index contributed by atoms with van der Waals surface area (Å²) in [6, 6.07) is 13.5. The number of methoxy groups -OCH3 is 1. The lowest BCUT2D eigenvalue weighted by molar-refractivity contribution is -0.113. The van der Waals surface area contributed by atoms with E-state index in [9.17, 15) is 4.79 Å². The van der Waals surface area contributed by atoms with E-state index >= 15 is 0 Å². The van der Waals surface area contributed by atoms with Gasteiger partial charge in [0.1, 0.15) is 0 Å². The third-order valence-electron chi connectivity index (χ3n) is 4.49. The van der Waals surface area contributed by atoms with Crippen molar-refractivity contribution in [1.29, 1.82) is 0 Å². The fourth-order valence-corrected chi connectivity index (χ4v) is 4.51. The predicted octanol–water partition coefficient (Wildman–Crippen LogP) is 6.00. The highest BCUT2D eigenvalue weighted by Gasteiger charge is 2.33. The van der Waals surface area contributed by atoms with Crippen molar-refractivity contribution in [2.24, 2.45) is 0 Å². The van der Waals surface area contributed by atoms with E-state index in [4.69, 9.17) is 21.7 Å². The number of thiocarbonyl (C=S) groups is 1. The van der Waals surface area contributed by atoms with Gasteiger partial charge in [-0.2, -0.15) is 0 Å². The number of thioether (sulfide) groups is 2. The molecule has 0 radical (unpaired) electrons. The first-order valence-electron chi connectivity index (χ1n) is 9.23. The molecule has 0 aromatic heterocycles. The van der Waals surface area contributed by atoms with Gasteiger partial charge in [0, 0.05) is 4.90 Å². The summed E-state index contributed by atoms with van der Waals surface area (Å²) in [5.41, 5.74) is 1.65. The maximum Gasteiger partial charge on any atom is 0.270 e. The summed E-state index contributed by atoms with van der Waals surface area (Å²) in [5.74, 6) is 1.22. The van der Waals surface area contributed by atoms with Gasteiger partial charge in [0.25, 0.3) is 5.91 Å². The third kappa shape index (κ3) is 4.97. The molecule has 29 heavy (non-hydrogen) atoms. The van der Waals surface area contributed by atoms with Crippen molar-refractivity contribution in [2.75, 3.05) is 18.3 Å². The number of ether oxygens (including phenoxy) is 2. The molecule has 2 aromatic carbocycles. The molecule has 1 aliphatic heterocycles. The van der Waals surface area contributed by atoms with E-state index in [1.807, 2.05) is 61.7 Å². The number of amides is 1. The Morgan fingerprint density at radius 3 is 2.72 bits per heavy atom. The van der Waals surface area contributed by atoms with E-state index in [1.54, 1.807) is 23.8 Å². The third-order valence-corrected chi connectivity index (χ3v) is 6.52. The van der Waals surface area contributed by atoms with Crippen LogP contribution >= 0.6 is 35.7 Å². The molecule has 0 aliphatic carbocycles. The van der Waals surface area contributed by atoms with Crippen molar-refractivity contribution in [2.45, 2.75) is 31.3 Å². The molecule has 152 valence electrons. The number of carbonyl (C=O) groups is 1. The van der Waals surface area contributed by atoms with Gasteiger partial charge in [-0.05, 0) is 61.6 Å². The molecule has 1 fully saturated rings. The minimum atomic E-state index is -0.114. The lowest BCUT2D eigenvalue weighted by Crippen LogP contribution is -2.27. The number of rotatable bonds is 7. The highest BCUT2D eigenvalue weighted by atomic mass is 32.2. The van der Waals surface area contributed by atoms with Crippen LogP contribution in [0.15, 0.2) is 52.3 Å². The van der Waals surface area contributed by atoms with Crippen LogP contribution < -0.4 is 14.4 Å². The van der Waals surface area contributed by atoms with Gasteiger partial charge in [0.05, 0.1) is 23.8 Å². The molecule has 0 N–H and O–H groups in total. The maximum absolute atomic E-state index is 13.0. The Kier molecular flexibility index (Phi) is 7.27. The zero-order valence-corrected chi connectivity index (χ0v) is 19.2. The molecule has 0 unspecified atom stereocenters. The zero-order chi connectivity index (χ0) is 21.0. The molecule has 1 amide bonds. The average molecular weight is 446 g/mol. The molecule has 0 bridgehead atoms. The van der Waals surface area contributed by atoms with Gasteiger partial charge in [-0.15, -0.1) is 11.8 Å². The van der Waals surface area contributed by atoms with Crippen LogP contribution in [-0.2, 0) is 4.79 Å². The van der Waals surface area contributed by atoms with E-state index in [-0.39, 0.29) is 12.0 Å². The summed E-state index contributed by atoms with van der Waals surface area (Å²) in [5, 5.41) is 0. The Morgan fingerprint density at radius 2 is 2.03 bits per heavy atom. The Morgan fingerprint density at radius 1 is 1.24 bits per heavy atom. The first-order valence-corrected chi connectivity index (χ1v) is 11.7. The molecule has 1 aliphatic rings. The predicted molar refractivity (Wildman–Crippen MR) is 127 cm³/mol. The highest BCUT2D eigenvalue weighted by Crippen LogP contribution is 2.38. The molecule has 1 saturated heterocycles. The van der Waals surface area contributed by atoms with Crippen LogP contribution in [0.25, 0.3) is 6.08 Å². The summed E-state index contributed by atoms with van der Waals surface area (Å²) in [6.07, 6.45) is 4.85. The number of hydrogen-bond acceptors (Lipinski definition) is 6. The molecule has 4 nitrogen and oxygen atoms in total. The van der Waals surface area contributed by atoms with Crippen molar-refractivity contribution in [3.05, 3.63) is 52.9 Å². The van der Waals surface area contributed by atoms with Gasteiger partial charge in [-0.1, -0.05) is 43.0 Å². The lowest BCUT2D eigenvalue weighted by Gasteiger charge is -2.16. The summed E-state index contributed by atoms with van der Waals surface area (Å²) in [6.45, 7) is 4.09. The molecule has 1 heterocycles. The molecule has 0 spiro atoms. The van der Waals surface area contributed by atoms with Crippen molar-refractivity contribution < 1.29 is 14.3 Å². The van der Waals surface area contributed by atoms with E-state index in [0.29, 0.717) is 20.7 Å². The minimum Gasteiger partial charge on any atom is -0.493 e. The van der Waals surface area contributed by atoms with Crippen LogP contribution in [0.5, 0.6) is 11.5 Å². The quantitative estimate of drug-likeness (QED) is 0.296. The largest absolute Gasteiger partial charge is 0.493 e. The van der Waals surface area contributed by atoms with Crippen LogP contribution in [-0.4, -0.2) is 29.7 Å². The zero-order valence-electron chi connectivity index (χ0n) is 16.8. The maximum atomic E-state index is 13.0. The van der Waals surface area contributed by atoms with Gasteiger partial charge in [-0.3, -0.25) is 9.69 Å². The molecule has 3 rings (SSSR count). The van der Waals surface area contributed by atoms with Gasteiger partial charge in [0.2, 0.25) is 0 Å². The van der Waals surface area contributed by atoms with Gasteiger partial charge in [-0.25, -0.2) is 0 Å². The highest BCUT2D eigenvalue weighted by molar-refractivity contribution is 8.27. The molecular formula is C22H23NO3S3. The Bertz CT molecular complexity index is 958. The second-order valence-corrected chi connectivity index (χ2v) is 9.02. The van der Waals surface area contributed by atoms with Crippen LogP contribution in [0.4, 0.5) is 5.69 Å². The first kappa shape index (κ1) is 21.7. The van der Waals surface area contributed by atoms with Gasteiger partial charge < -0.3 is 9.47 Å². The Labute approximate surface area is 185 Å². The van der Waals surface area contributed by atoms with Crippen molar-refractivity contribution in [3.63, 3.8) is 0 Å². The van der Waals surface area contributed by atoms with Crippen LogP contribution in [0.2, 0.25) is 0 Å². The average Bonchev–Trinajstić information content (AvgIpc) is 3.01. The number of carbonyl (C=O) groups excluding carboxylic acids is 1. The van der Waals surface area contributed by atoms with Crippen molar-refractivity contribution in [3.8, 4) is 11.5 Å². The number of nitrogens with zero attached hydrogens (tertiary/aromatic N) is 1. The topological polar surface area (TPSA) is 38.8 Å². The molecular weight excluding hydrogens is 422 g/mol. The van der Waals surface area contributed by atoms with E-state index < -0.39 is 0 Å². The lowest BCUT2D eigenvalue weighted by atomic mass is 10.1. The fourth-order valence-electron chi connectivity index (χ4n) is 2.76. The molecule has 2 aromatic rings. The first-order chi connectivity index (χ1) is 14.0. The normalized spacial score (nSPS) is 16.4. The van der Waals surface area contributed by atoms with Crippen LogP contribution in [0.3, 0.4) is 0 Å². The second-order valence-electron chi connectivity index (χ2n) is 6.47. The smallest absolute Gasteiger partial charge is 0.270 e. The van der Waals surface area contributed by atoms with Crippen LogP contribution in [0, 0.1) is 0 Å². The molecule has 1 atom stereocenters. The summed E-state index contributed by atoms with van der Waals surface area (Å²) >= 11 is 8.42. The van der Waals surface area contributed by atoms with Crippen molar-refractivity contribution >= 4 is 57.7 Å². The monoisotopic (exact) mass is 445 g/mol. The Hall–Kier alpha value is -1.96. The second kappa shape index (κ2) is 9.69. The number of anilines is 1. The molecule has 0 saturated carbocycles. The summed E-state index contributed by atoms with van der Waals surface area (Å²) in [4.78, 5) is 16.3. The molecule has 7 heteroatoms. The number of benzene rings is 2. The van der Waals surface area contributed by atoms with E-state index in [1.165, 1.54) is 11.8 Å².